The van der Waals surface area contributed by atoms with E-state index in [0.717, 1.165) is 58.7 Å². The smallest absolute Gasteiger partial charge is 0.416 e. The van der Waals surface area contributed by atoms with Gasteiger partial charge >= 0.3 is 6.18 Å². The Morgan fingerprint density at radius 2 is 1.25 bits per heavy atom. The molecule has 0 saturated carbocycles. The minimum absolute atomic E-state index is 0. The number of quaternary nitrogens is 1. The molecule has 0 bridgehead atoms. The molecular formula is C41H38BrF5N6OS. The number of nitrogens with zero attached hydrogens (tertiary/aromatic N) is 6. The SMILES string of the molecule is C[N+](C)(Cc1ccc(F)cc1)Cc1nnc(Cn2c(SCc3ccc(F)cc3)nc(=O)c3c2CCC3)n1Cc1ccc(-c2ccc(C(F)(F)F)cc2)cc1.[Br-]. The van der Waals surface area contributed by atoms with Crippen LogP contribution in [0.15, 0.2) is 107 Å². The highest BCUT2D eigenvalue weighted by Gasteiger charge is 2.30. The van der Waals surface area contributed by atoms with Gasteiger partial charge in [-0.1, -0.05) is 72.4 Å². The largest absolute Gasteiger partial charge is 1.00 e. The summed E-state index contributed by atoms with van der Waals surface area (Å²) in [6, 6.07) is 25.5. The van der Waals surface area contributed by atoms with E-state index in [1.807, 2.05) is 24.3 Å². The number of rotatable bonds is 12. The quantitative estimate of drug-likeness (QED) is 0.0711. The highest BCUT2D eigenvalue weighted by Crippen LogP contribution is 2.32. The molecule has 7 rings (SSSR count). The van der Waals surface area contributed by atoms with Crippen molar-refractivity contribution < 1.29 is 43.4 Å². The number of alkyl halides is 3. The van der Waals surface area contributed by atoms with E-state index in [9.17, 15) is 26.7 Å². The highest BCUT2D eigenvalue weighted by molar-refractivity contribution is 7.98. The van der Waals surface area contributed by atoms with Gasteiger partial charge in [-0.05, 0) is 77.9 Å². The Balaban J connectivity index is 0.00000514. The van der Waals surface area contributed by atoms with Gasteiger partial charge in [0.15, 0.2) is 16.8 Å². The normalized spacial score (nSPS) is 12.8. The average Bonchev–Trinajstić information content (AvgIpc) is 3.78. The molecule has 0 amide bonds. The van der Waals surface area contributed by atoms with Crippen LogP contribution in [0.2, 0.25) is 0 Å². The summed E-state index contributed by atoms with van der Waals surface area (Å²) in [4.78, 5) is 17.6. The standard InChI is InChI=1S/C41H38F5N6OS.BrH/c1-52(2,24-28-8-18-33(42)19-9-28)25-38-49-48-37(51(38)22-27-6-12-30(13-7-27)31-14-16-32(17-15-31)41(44,45)46)23-50-36-5-3-4-35(36)39(53)47-40(50)54-26-29-10-20-34(43)21-11-29;/h6-21H,3-5,22-26H2,1-2H3;1H/q+1;/p-1. The van der Waals surface area contributed by atoms with Crippen LogP contribution in [0.4, 0.5) is 22.0 Å². The van der Waals surface area contributed by atoms with Crippen LogP contribution in [0.1, 0.15) is 51.6 Å². The molecule has 0 fully saturated rings. The van der Waals surface area contributed by atoms with E-state index in [1.165, 1.54) is 48.2 Å². The fourth-order valence-corrected chi connectivity index (χ4v) is 7.84. The first-order chi connectivity index (χ1) is 25.8. The van der Waals surface area contributed by atoms with Crippen LogP contribution in [0, 0.1) is 11.6 Å². The first kappa shape index (κ1) is 40.0. The van der Waals surface area contributed by atoms with Crippen LogP contribution in [0.25, 0.3) is 11.1 Å². The summed E-state index contributed by atoms with van der Waals surface area (Å²) in [6.45, 7) is 1.84. The zero-order chi connectivity index (χ0) is 38.0. The van der Waals surface area contributed by atoms with E-state index >= 15 is 0 Å². The number of hydrogen-bond acceptors (Lipinski definition) is 5. The summed E-state index contributed by atoms with van der Waals surface area (Å²) in [7, 11) is 4.15. The number of thioether (sulfide) groups is 1. The predicted molar refractivity (Wildman–Crippen MR) is 198 cm³/mol. The molecule has 0 spiro atoms. The topological polar surface area (TPSA) is 65.6 Å². The van der Waals surface area contributed by atoms with Crippen LogP contribution in [0.5, 0.6) is 0 Å². The van der Waals surface area contributed by atoms with Gasteiger partial charge in [-0.25, -0.2) is 8.78 Å². The molecule has 286 valence electrons. The summed E-state index contributed by atoms with van der Waals surface area (Å²) < 4.78 is 71.4. The summed E-state index contributed by atoms with van der Waals surface area (Å²) in [6.07, 6.45) is -2.18. The van der Waals surface area contributed by atoms with Crippen LogP contribution < -0.4 is 22.5 Å². The molecule has 14 heteroatoms. The second-order valence-electron chi connectivity index (χ2n) is 14.2. The maximum absolute atomic E-state index is 13.7. The Hall–Kier alpha value is -4.66. The lowest BCUT2D eigenvalue weighted by Gasteiger charge is -2.29. The zero-order valence-corrected chi connectivity index (χ0v) is 32.6. The van der Waals surface area contributed by atoms with Crippen LogP contribution in [0.3, 0.4) is 0 Å². The van der Waals surface area contributed by atoms with Crippen molar-refractivity contribution in [2.75, 3.05) is 14.1 Å². The van der Waals surface area contributed by atoms with Crippen LogP contribution in [-0.4, -0.2) is 42.9 Å². The second kappa shape index (κ2) is 16.6. The van der Waals surface area contributed by atoms with Crippen molar-refractivity contribution in [3.05, 3.63) is 164 Å². The van der Waals surface area contributed by atoms with Gasteiger partial charge in [-0.15, -0.1) is 10.2 Å². The van der Waals surface area contributed by atoms with Gasteiger partial charge in [0.1, 0.15) is 24.7 Å². The number of fused-ring (bicyclic) bond motifs is 1. The molecule has 0 aliphatic heterocycles. The number of benzene rings is 4. The minimum Gasteiger partial charge on any atom is -1.00 e. The first-order valence-electron chi connectivity index (χ1n) is 17.6. The molecular weight excluding hydrogens is 799 g/mol. The average molecular weight is 838 g/mol. The Morgan fingerprint density at radius 3 is 1.87 bits per heavy atom. The maximum Gasteiger partial charge on any atom is 0.416 e. The summed E-state index contributed by atoms with van der Waals surface area (Å²) >= 11 is 1.42. The molecule has 1 aliphatic carbocycles. The third kappa shape index (κ3) is 9.60. The lowest BCUT2D eigenvalue weighted by Crippen LogP contribution is -3.00. The van der Waals surface area contributed by atoms with E-state index in [-0.39, 0.29) is 34.2 Å². The van der Waals surface area contributed by atoms with Crippen molar-refractivity contribution in [3.63, 3.8) is 0 Å². The third-order valence-electron chi connectivity index (χ3n) is 9.62. The van der Waals surface area contributed by atoms with Crippen molar-refractivity contribution in [1.29, 1.82) is 0 Å². The second-order valence-corrected chi connectivity index (χ2v) is 15.2. The van der Waals surface area contributed by atoms with E-state index in [1.54, 1.807) is 24.3 Å². The Bertz CT molecular complexity index is 2310. The van der Waals surface area contributed by atoms with Gasteiger partial charge in [-0.3, -0.25) is 4.79 Å². The van der Waals surface area contributed by atoms with Crippen molar-refractivity contribution in [2.45, 2.75) is 62.5 Å². The van der Waals surface area contributed by atoms with Gasteiger partial charge in [0.2, 0.25) is 0 Å². The lowest BCUT2D eigenvalue weighted by molar-refractivity contribution is -0.917. The molecule has 0 unspecified atom stereocenters. The van der Waals surface area contributed by atoms with E-state index in [4.69, 9.17) is 10.2 Å². The molecule has 4 aromatic carbocycles. The Morgan fingerprint density at radius 1 is 0.691 bits per heavy atom. The van der Waals surface area contributed by atoms with Crippen molar-refractivity contribution in [1.82, 2.24) is 24.3 Å². The van der Waals surface area contributed by atoms with Crippen molar-refractivity contribution in [3.8, 4) is 11.1 Å². The molecule has 0 N–H and O–H groups in total. The predicted octanol–water partition coefficient (Wildman–Crippen LogP) is 5.46. The molecule has 7 nitrogen and oxygen atoms in total. The lowest BCUT2D eigenvalue weighted by atomic mass is 10.0. The summed E-state index contributed by atoms with van der Waals surface area (Å²) in [5, 5.41) is 9.95. The first-order valence-corrected chi connectivity index (χ1v) is 18.5. The fraction of sp³-hybridized carbons (Fsp3) is 0.268. The zero-order valence-electron chi connectivity index (χ0n) is 30.2. The van der Waals surface area contributed by atoms with Gasteiger partial charge < -0.3 is 30.6 Å². The van der Waals surface area contributed by atoms with Gasteiger partial charge in [0, 0.05) is 22.6 Å². The van der Waals surface area contributed by atoms with Crippen molar-refractivity contribution in [2.24, 2.45) is 0 Å². The van der Waals surface area contributed by atoms with E-state index in [0.29, 0.717) is 64.9 Å². The Kier molecular flexibility index (Phi) is 12.1. The molecule has 2 heterocycles. The molecule has 2 aromatic heterocycles. The summed E-state index contributed by atoms with van der Waals surface area (Å²) in [5.74, 6) is 1.28. The molecule has 55 heavy (non-hydrogen) atoms. The van der Waals surface area contributed by atoms with E-state index in [2.05, 4.69) is 28.2 Å². The summed E-state index contributed by atoms with van der Waals surface area (Å²) in [5.41, 5.74) is 4.98. The molecule has 0 saturated heterocycles. The van der Waals surface area contributed by atoms with Crippen LogP contribution >= 0.6 is 11.8 Å². The van der Waals surface area contributed by atoms with Gasteiger partial charge in [0.25, 0.3) is 5.56 Å². The Labute approximate surface area is 330 Å². The highest BCUT2D eigenvalue weighted by atomic mass is 79.9. The van der Waals surface area contributed by atoms with Gasteiger partial charge in [0.05, 0.1) is 32.7 Å². The monoisotopic (exact) mass is 836 g/mol. The molecule has 0 radical (unpaired) electrons. The number of halogens is 6. The molecule has 1 aliphatic rings. The van der Waals surface area contributed by atoms with Crippen molar-refractivity contribution >= 4 is 11.8 Å². The molecule has 0 atom stereocenters. The van der Waals surface area contributed by atoms with E-state index < -0.39 is 11.7 Å². The van der Waals surface area contributed by atoms with Gasteiger partial charge in [-0.2, -0.15) is 18.2 Å². The number of hydrogen-bond donors (Lipinski definition) is 0. The number of aromatic nitrogens is 5. The minimum atomic E-state index is -4.41. The third-order valence-corrected chi connectivity index (χ3v) is 10.7. The maximum atomic E-state index is 13.7. The fourth-order valence-electron chi connectivity index (χ4n) is 6.88. The van der Waals surface area contributed by atoms with Crippen LogP contribution in [-0.2, 0) is 50.9 Å². The molecule has 6 aromatic rings.